The zero-order chi connectivity index (χ0) is 12.3. The van der Waals surface area contributed by atoms with Crippen LogP contribution in [0.5, 0.6) is 0 Å². The van der Waals surface area contributed by atoms with E-state index in [0.717, 1.165) is 5.56 Å². The number of carbonyl (C=O) groups is 1. The molecule has 0 radical (unpaired) electrons. The molecule has 0 unspecified atom stereocenters. The maximum Gasteiger partial charge on any atom is 0.171 e. The molecule has 88 valence electrons. The van der Waals surface area contributed by atoms with E-state index in [4.69, 9.17) is 23.2 Å². The summed E-state index contributed by atoms with van der Waals surface area (Å²) in [6, 6.07) is 5.37. The van der Waals surface area contributed by atoms with Crippen molar-refractivity contribution in [1.29, 1.82) is 0 Å². The minimum absolute atomic E-state index is 0.326. The highest BCUT2D eigenvalue weighted by molar-refractivity contribution is 6.35. The molecule has 17 heavy (non-hydrogen) atoms. The highest BCUT2D eigenvalue weighted by Gasteiger charge is 2.03. The van der Waals surface area contributed by atoms with Crippen LogP contribution < -0.4 is 0 Å². The van der Waals surface area contributed by atoms with Gasteiger partial charge in [-0.3, -0.25) is 9.48 Å². The Morgan fingerprint density at radius 1 is 1.35 bits per heavy atom. The zero-order valence-corrected chi connectivity index (χ0v) is 10.3. The van der Waals surface area contributed by atoms with Gasteiger partial charge in [-0.1, -0.05) is 34.5 Å². The number of hydrogen-bond acceptors (Lipinski definition) is 3. The van der Waals surface area contributed by atoms with Gasteiger partial charge in [0, 0.05) is 16.6 Å². The number of nitrogens with zero attached hydrogens (tertiary/aromatic N) is 3. The molecule has 0 aliphatic carbocycles. The lowest BCUT2D eigenvalue weighted by Gasteiger charge is -2.04. The molecular formula is C11H9Cl2N3O. The van der Waals surface area contributed by atoms with Gasteiger partial charge in [-0.25, -0.2) is 0 Å². The van der Waals surface area contributed by atoms with Gasteiger partial charge in [-0.05, 0) is 24.1 Å². The molecule has 0 aliphatic heterocycles. The van der Waals surface area contributed by atoms with Crippen LogP contribution >= 0.6 is 23.2 Å². The van der Waals surface area contributed by atoms with Crippen LogP contribution in [0.15, 0.2) is 24.4 Å². The van der Waals surface area contributed by atoms with Gasteiger partial charge in [-0.2, -0.15) is 0 Å². The van der Waals surface area contributed by atoms with Crippen LogP contribution in [0.3, 0.4) is 0 Å². The summed E-state index contributed by atoms with van der Waals surface area (Å²) in [6.07, 6.45) is 2.97. The Morgan fingerprint density at radius 2 is 2.18 bits per heavy atom. The van der Waals surface area contributed by atoms with Crippen molar-refractivity contribution in [2.45, 2.75) is 13.0 Å². The fourth-order valence-corrected chi connectivity index (χ4v) is 1.94. The molecule has 0 aliphatic rings. The van der Waals surface area contributed by atoms with Gasteiger partial charge in [-0.15, -0.1) is 5.10 Å². The van der Waals surface area contributed by atoms with E-state index in [2.05, 4.69) is 10.3 Å². The Balaban J connectivity index is 2.04. The third-order valence-corrected chi connectivity index (χ3v) is 2.89. The second kappa shape index (κ2) is 5.29. The van der Waals surface area contributed by atoms with Crippen molar-refractivity contribution in [3.8, 4) is 0 Å². The highest BCUT2D eigenvalue weighted by atomic mass is 35.5. The molecule has 0 bridgehead atoms. The first-order valence-electron chi connectivity index (χ1n) is 4.98. The molecule has 1 aromatic carbocycles. The van der Waals surface area contributed by atoms with Crippen LogP contribution in [0.1, 0.15) is 16.1 Å². The summed E-state index contributed by atoms with van der Waals surface area (Å²) in [4.78, 5) is 10.4. The van der Waals surface area contributed by atoms with Gasteiger partial charge < -0.3 is 0 Å². The summed E-state index contributed by atoms with van der Waals surface area (Å²) in [5.41, 5.74) is 1.31. The van der Waals surface area contributed by atoms with Crippen molar-refractivity contribution in [2.24, 2.45) is 0 Å². The normalized spacial score (nSPS) is 10.5. The third kappa shape index (κ3) is 3.05. The average Bonchev–Trinajstić information content (AvgIpc) is 2.76. The SMILES string of the molecule is O=Cc1cn(CCc2ccc(Cl)cc2Cl)nn1. The summed E-state index contributed by atoms with van der Waals surface area (Å²) in [5.74, 6) is 0. The smallest absolute Gasteiger partial charge is 0.171 e. The quantitative estimate of drug-likeness (QED) is 0.802. The van der Waals surface area contributed by atoms with Gasteiger partial charge >= 0.3 is 0 Å². The molecule has 1 aromatic heterocycles. The fourth-order valence-electron chi connectivity index (χ4n) is 1.44. The largest absolute Gasteiger partial charge is 0.296 e. The van der Waals surface area contributed by atoms with Crippen LogP contribution in [-0.2, 0) is 13.0 Å². The van der Waals surface area contributed by atoms with Crippen molar-refractivity contribution in [1.82, 2.24) is 15.0 Å². The van der Waals surface area contributed by atoms with Crippen molar-refractivity contribution in [3.63, 3.8) is 0 Å². The molecular weight excluding hydrogens is 261 g/mol. The Morgan fingerprint density at radius 3 is 2.82 bits per heavy atom. The topological polar surface area (TPSA) is 47.8 Å². The molecule has 0 saturated heterocycles. The van der Waals surface area contributed by atoms with E-state index in [1.54, 1.807) is 23.0 Å². The Kier molecular flexibility index (Phi) is 3.76. The van der Waals surface area contributed by atoms with Crippen molar-refractivity contribution in [2.75, 3.05) is 0 Å². The molecule has 1 heterocycles. The number of aryl methyl sites for hydroxylation is 2. The molecule has 0 fully saturated rings. The monoisotopic (exact) mass is 269 g/mol. The van der Waals surface area contributed by atoms with Crippen LogP contribution in [0, 0.1) is 0 Å². The van der Waals surface area contributed by atoms with E-state index in [0.29, 0.717) is 35.0 Å². The van der Waals surface area contributed by atoms with Gasteiger partial charge in [0.05, 0.1) is 6.20 Å². The summed E-state index contributed by atoms with van der Waals surface area (Å²) in [5, 5.41) is 8.74. The molecule has 6 heteroatoms. The Labute approximate surface area is 108 Å². The summed E-state index contributed by atoms with van der Waals surface area (Å²) < 4.78 is 1.61. The van der Waals surface area contributed by atoms with E-state index in [9.17, 15) is 4.79 Å². The van der Waals surface area contributed by atoms with Crippen LogP contribution in [0.2, 0.25) is 10.0 Å². The first-order valence-corrected chi connectivity index (χ1v) is 5.74. The predicted octanol–water partition coefficient (Wildman–Crippen LogP) is 2.64. The van der Waals surface area contributed by atoms with Gasteiger partial charge in [0.1, 0.15) is 5.69 Å². The Bertz CT molecular complexity index is 539. The van der Waals surface area contributed by atoms with E-state index in [1.165, 1.54) is 0 Å². The minimum atomic E-state index is 0.326. The molecule has 2 rings (SSSR count). The molecule has 4 nitrogen and oxygen atoms in total. The van der Waals surface area contributed by atoms with Gasteiger partial charge in [0.15, 0.2) is 6.29 Å². The number of benzene rings is 1. The van der Waals surface area contributed by atoms with E-state index < -0.39 is 0 Å². The minimum Gasteiger partial charge on any atom is -0.296 e. The van der Waals surface area contributed by atoms with Gasteiger partial charge in [0.2, 0.25) is 0 Å². The number of aldehydes is 1. The number of hydrogen-bond donors (Lipinski definition) is 0. The summed E-state index contributed by atoms with van der Waals surface area (Å²) >= 11 is 11.8. The number of carbonyl (C=O) groups excluding carboxylic acids is 1. The van der Waals surface area contributed by atoms with Gasteiger partial charge in [0.25, 0.3) is 0 Å². The highest BCUT2D eigenvalue weighted by Crippen LogP contribution is 2.21. The van der Waals surface area contributed by atoms with Crippen LogP contribution in [0.4, 0.5) is 0 Å². The van der Waals surface area contributed by atoms with E-state index in [-0.39, 0.29) is 0 Å². The van der Waals surface area contributed by atoms with Crippen LogP contribution in [-0.4, -0.2) is 21.3 Å². The number of aromatic nitrogens is 3. The standard InChI is InChI=1S/C11H9Cl2N3O/c12-9-2-1-8(11(13)5-9)3-4-16-6-10(7-17)14-15-16/h1-2,5-7H,3-4H2. The molecule has 0 N–H and O–H groups in total. The summed E-state index contributed by atoms with van der Waals surface area (Å²) in [6.45, 7) is 0.613. The van der Waals surface area contributed by atoms with Crippen molar-refractivity contribution >= 4 is 29.5 Å². The number of halogens is 2. The van der Waals surface area contributed by atoms with Crippen molar-refractivity contribution in [3.05, 3.63) is 45.7 Å². The van der Waals surface area contributed by atoms with Crippen molar-refractivity contribution < 1.29 is 4.79 Å². The first-order chi connectivity index (χ1) is 8.19. The fraction of sp³-hybridized carbons (Fsp3) is 0.182. The third-order valence-electron chi connectivity index (χ3n) is 2.30. The second-order valence-electron chi connectivity index (χ2n) is 3.51. The second-order valence-corrected chi connectivity index (χ2v) is 4.35. The zero-order valence-electron chi connectivity index (χ0n) is 8.81. The Hall–Kier alpha value is -1.39. The number of rotatable bonds is 4. The maximum absolute atomic E-state index is 10.4. The first kappa shape index (κ1) is 12.1. The lowest BCUT2D eigenvalue weighted by molar-refractivity contribution is 0.111. The lowest BCUT2D eigenvalue weighted by Crippen LogP contribution is -2.02. The molecule has 0 saturated carbocycles. The van der Waals surface area contributed by atoms with E-state index >= 15 is 0 Å². The molecule has 0 atom stereocenters. The van der Waals surface area contributed by atoms with Crippen LogP contribution in [0.25, 0.3) is 0 Å². The molecule has 0 amide bonds. The van der Waals surface area contributed by atoms with E-state index in [1.807, 2.05) is 6.07 Å². The molecule has 0 spiro atoms. The summed E-state index contributed by atoms with van der Waals surface area (Å²) in [7, 11) is 0. The average molecular weight is 270 g/mol. The molecule has 2 aromatic rings. The lowest BCUT2D eigenvalue weighted by atomic mass is 10.1. The maximum atomic E-state index is 10.4. The predicted molar refractivity (Wildman–Crippen MR) is 65.6 cm³/mol.